The van der Waals surface area contributed by atoms with Crippen LogP contribution in [-0.2, 0) is 4.18 Å². The van der Waals surface area contributed by atoms with E-state index in [2.05, 4.69) is 0 Å². The van der Waals surface area contributed by atoms with Crippen LogP contribution in [-0.4, -0.2) is 15.1 Å². The molecule has 0 rings (SSSR count). The van der Waals surface area contributed by atoms with Crippen molar-refractivity contribution in [1.82, 2.24) is 0 Å². The standard InChI is InChI=1S/CHF3.I2O2S/c2-1(3)4;1-5(2,3)4/h1H;. The molecule has 0 aliphatic rings. The molecule has 0 aromatic heterocycles. The van der Waals surface area contributed by atoms with E-state index in [1.165, 1.54) is 42.4 Å². The number of alkyl halides is 3. The van der Waals surface area contributed by atoms with Gasteiger partial charge in [0, 0.05) is 0 Å². The van der Waals surface area contributed by atoms with E-state index in [1.807, 2.05) is 0 Å². The van der Waals surface area contributed by atoms with Gasteiger partial charge in [0.05, 0.1) is 42.4 Å². The molecule has 0 saturated heterocycles. The molecule has 2 nitrogen and oxygen atoms in total. The fraction of sp³-hybridized carbons (Fsp3) is 1.00. The highest BCUT2D eigenvalue weighted by atomic mass is 127. The second-order valence-corrected chi connectivity index (χ2v) is 13.4. The molecule has 0 fully saturated rings. The van der Waals surface area contributed by atoms with Crippen molar-refractivity contribution < 1.29 is 21.6 Å². The second-order valence-electron chi connectivity index (χ2n) is 0.626. The van der Waals surface area contributed by atoms with Crippen molar-refractivity contribution in [2.75, 3.05) is 0 Å². The maximum absolute atomic E-state index is 9.67. The monoisotopic (exact) mass is 388 g/mol. The Hall–Kier alpha value is 1.20. The third kappa shape index (κ3) is 331. The van der Waals surface area contributed by atoms with Crippen molar-refractivity contribution in [3.8, 4) is 0 Å². The first-order chi connectivity index (χ1) is 3.73. The van der Waals surface area contributed by atoms with E-state index in [1.54, 1.807) is 0 Å². The molecule has 0 aliphatic carbocycles. The molecule has 0 saturated carbocycles. The highest BCUT2D eigenvalue weighted by Gasteiger charge is 1.86. The van der Waals surface area contributed by atoms with Gasteiger partial charge in [0.25, 0.3) is 4.18 Å². The molecule has 0 radical (unpaired) electrons. The molecular weight excluding hydrogens is 387 g/mol. The topological polar surface area (TPSA) is 34.1 Å². The highest BCUT2D eigenvalue weighted by Crippen LogP contribution is 2.08. The molecule has 0 spiro atoms. The fourth-order valence-electron chi connectivity index (χ4n) is 0. The minimum atomic E-state index is -3.67. The average molecular weight is 388 g/mol. The zero-order chi connectivity index (χ0) is 8.08. The summed E-state index contributed by atoms with van der Waals surface area (Å²) in [5.74, 6) is 0. The molecule has 0 bridgehead atoms. The Labute approximate surface area is 74.3 Å². The van der Waals surface area contributed by atoms with Crippen LogP contribution in [0.5, 0.6) is 0 Å². The molecule has 0 unspecified atom stereocenters. The number of hydrogen-bond acceptors (Lipinski definition) is 2. The predicted molar refractivity (Wildman–Crippen MR) is 44.1 cm³/mol. The van der Waals surface area contributed by atoms with Gasteiger partial charge >= 0.3 is 6.68 Å². The second kappa shape index (κ2) is 5.95. The Kier molecular flexibility index (Phi) is 8.48. The lowest BCUT2D eigenvalue weighted by atomic mass is 11.6. The van der Waals surface area contributed by atoms with Crippen LogP contribution in [0, 0.1) is 0 Å². The lowest BCUT2D eigenvalue weighted by molar-refractivity contribution is 0.00819. The summed E-state index contributed by atoms with van der Waals surface area (Å²) in [5, 5.41) is 0. The first-order valence-electron chi connectivity index (χ1n) is 1.30. The smallest absolute Gasteiger partial charge is 0.208 e. The van der Waals surface area contributed by atoms with Gasteiger partial charge in [-0.25, -0.2) is 8.42 Å². The summed E-state index contributed by atoms with van der Waals surface area (Å²) in [6, 6.07) is 0. The summed E-state index contributed by atoms with van der Waals surface area (Å²) in [6.07, 6.45) is 0. The normalized spacial score (nSPS) is 10.4. The molecule has 0 atom stereocenters. The zero-order valence-corrected chi connectivity index (χ0v) is 8.82. The van der Waals surface area contributed by atoms with E-state index in [4.69, 9.17) is 0 Å². The van der Waals surface area contributed by atoms with Crippen molar-refractivity contribution in [1.29, 1.82) is 0 Å². The van der Waals surface area contributed by atoms with Gasteiger partial charge in [0.2, 0.25) is 0 Å². The van der Waals surface area contributed by atoms with Gasteiger partial charge in [-0.05, 0) is 0 Å². The summed E-state index contributed by atoms with van der Waals surface area (Å²) in [5.41, 5.74) is 0. The predicted octanol–water partition coefficient (Wildman–Crippen LogP) is 2.28. The molecule has 9 heavy (non-hydrogen) atoms. The average Bonchev–Trinajstić information content (AvgIpc) is 1.19. The van der Waals surface area contributed by atoms with Crippen molar-refractivity contribution in [2.45, 2.75) is 6.68 Å². The van der Waals surface area contributed by atoms with Gasteiger partial charge in [-0.15, -0.1) is 0 Å². The minimum absolute atomic E-state index is 1.34. The first kappa shape index (κ1) is 12.8. The maximum Gasteiger partial charge on any atom is 0.379 e. The van der Waals surface area contributed by atoms with E-state index < -0.39 is 10.9 Å². The zero-order valence-electron chi connectivity index (χ0n) is 3.69. The SMILES string of the molecule is FC(F)F.O=S(=O)(I)I. The van der Waals surface area contributed by atoms with Gasteiger partial charge in [-0.2, -0.15) is 13.2 Å². The Morgan fingerprint density at radius 2 is 1.11 bits per heavy atom. The van der Waals surface area contributed by atoms with E-state index in [0.29, 0.717) is 0 Å². The number of halogens is 5. The first-order valence-corrected chi connectivity index (χ1v) is 7.87. The third-order valence-electron chi connectivity index (χ3n) is 0. The molecule has 0 aromatic carbocycles. The molecule has 8 heteroatoms. The van der Waals surface area contributed by atoms with Crippen molar-refractivity contribution in [2.24, 2.45) is 0 Å². The van der Waals surface area contributed by atoms with E-state index >= 15 is 0 Å². The summed E-state index contributed by atoms with van der Waals surface area (Å²) < 4.78 is 45.5. The fourth-order valence-corrected chi connectivity index (χ4v) is 0. The van der Waals surface area contributed by atoms with Crippen LogP contribution >= 0.6 is 42.4 Å². The third-order valence-corrected chi connectivity index (χ3v) is 0. The summed E-state index contributed by atoms with van der Waals surface area (Å²) in [6.45, 7) is -3.67. The maximum atomic E-state index is 9.67. The molecule has 0 N–H and O–H groups in total. The van der Waals surface area contributed by atoms with Gasteiger partial charge < -0.3 is 0 Å². The van der Waals surface area contributed by atoms with Crippen molar-refractivity contribution in [3.63, 3.8) is 0 Å². The lowest BCUT2D eigenvalue weighted by Crippen LogP contribution is -1.65. The Morgan fingerprint density at radius 3 is 1.11 bits per heavy atom. The summed E-state index contributed by atoms with van der Waals surface area (Å²) in [7, 11) is 0. The van der Waals surface area contributed by atoms with Crippen LogP contribution in [0.3, 0.4) is 0 Å². The molecule has 0 heterocycles. The Bertz CT molecular complexity index is 131. The lowest BCUT2D eigenvalue weighted by Gasteiger charge is -1.65. The van der Waals surface area contributed by atoms with Crippen LogP contribution in [0.1, 0.15) is 0 Å². The number of rotatable bonds is 0. The highest BCUT2D eigenvalue weighted by molar-refractivity contribution is 14.3. The summed E-state index contributed by atoms with van der Waals surface area (Å²) >= 11 is 2.67. The number of hydrogen-bond donors (Lipinski definition) is 0. The molecule has 0 aliphatic heterocycles. The van der Waals surface area contributed by atoms with Crippen molar-refractivity contribution >= 4 is 46.6 Å². The molecule has 0 aromatic rings. The van der Waals surface area contributed by atoms with Crippen LogP contribution in [0.15, 0.2) is 0 Å². The summed E-state index contributed by atoms with van der Waals surface area (Å²) in [4.78, 5) is 0. The van der Waals surface area contributed by atoms with Gasteiger partial charge in [-0.3, -0.25) is 0 Å². The molecular formula is CHF3I2O2S. The largest absolute Gasteiger partial charge is 0.379 e. The van der Waals surface area contributed by atoms with Crippen LogP contribution in [0.2, 0.25) is 0 Å². The van der Waals surface area contributed by atoms with Gasteiger partial charge in [0.15, 0.2) is 0 Å². The Balaban J connectivity index is 0. The van der Waals surface area contributed by atoms with Gasteiger partial charge in [0.1, 0.15) is 0 Å². The van der Waals surface area contributed by atoms with Crippen LogP contribution in [0.4, 0.5) is 13.2 Å². The molecule has 0 amide bonds. The Morgan fingerprint density at radius 1 is 1.11 bits per heavy atom. The van der Waals surface area contributed by atoms with Crippen molar-refractivity contribution in [3.05, 3.63) is 0 Å². The van der Waals surface area contributed by atoms with E-state index in [9.17, 15) is 21.6 Å². The van der Waals surface area contributed by atoms with Crippen LogP contribution in [0.25, 0.3) is 0 Å². The van der Waals surface area contributed by atoms with Crippen LogP contribution < -0.4 is 0 Å². The van der Waals surface area contributed by atoms with E-state index in [0.717, 1.165) is 0 Å². The quantitative estimate of drug-likeness (QED) is 0.472. The van der Waals surface area contributed by atoms with E-state index in [-0.39, 0.29) is 0 Å². The minimum Gasteiger partial charge on any atom is -0.208 e. The molecule has 58 valence electrons. The van der Waals surface area contributed by atoms with Gasteiger partial charge in [-0.1, -0.05) is 0 Å².